The van der Waals surface area contributed by atoms with Crippen molar-refractivity contribution in [3.8, 4) is 5.75 Å². The first-order valence-corrected chi connectivity index (χ1v) is 5.68. The number of hydrogen-bond acceptors (Lipinski definition) is 4. The second kappa shape index (κ2) is 5.40. The third kappa shape index (κ3) is 2.71. The molecule has 0 aliphatic carbocycles. The minimum absolute atomic E-state index is 0.752. The van der Waals surface area contributed by atoms with E-state index in [1.807, 2.05) is 44.2 Å². The van der Waals surface area contributed by atoms with Crippen LogP contribution in [0.15, 0.2) is 41.7 Å². The van der Waals surface area contributed by atoms with Crippen molar-refractivity contribution < 1.29 is 4.74 Å². The van der Waals surface area contributed by atoms with Crippen LogP contribution in [0.4, 0.5) is 5.69 Å². The molecule has 0 saturated carbocycles. The van der Waals surface area contributed by atoms with Gasteiger partial charge in [-0.05, 0) is 32.0 Å². The summed E-state index contributed by atoms with van der Waals surface area (Å²) in [5.74, 6) is 0.752. The van der Waals surface area contributed by atoms with Gasteiger partial charge >= 0.3 is 0 Å². The summed E-state index contributed by atoms with van der Waals surface area (Å²) in [4.78, 5) is 12.8. The SMILES string of the molecule is COc1ccccc1N=C(C)c1cc(C)ncn1. The normalized spacial score (nSPS) is 11.4. The molecule has 0 aliphatic rings. The number of aromatic nitrogens is 2. The Morgan fingerprint density at radius 2 is 2.00 bits per heavy atom. The molecule has 0 saturated heterocycles. The lowest BCUT2D eigenvalue weighted by molar-refractivity contribution is 0.416. The molecular weight excluding hydrogens is 226 g/mol. The second-order valence-corrected chi connectivity index (χ2v) is 3.91. The highest BCUT2D eigenvalue weighted by Crippen LogP contribution is 2.26. The molecule has 0 bridgehead atoms. The fourth-order valence-corrected chi connectivity index (χ4v) is 1.61. The van der Waals surface area contributed by atoms with E-state index >= 15 is 0 Å². The summed E-state index contributed by atoms with van der Waals surface area (Å²) < 4.78 is 5.27. The summed E-state index contributed by atoms with van der Waals surface area (Å²) in [6, 6.07) is 9.56. The molecule has 1 aromatic carbocycles. The Morgan fingerprint density at radius 1 is 1.22 bits per heavy atom. The maximum atomic E-state index is 5.27. The first kappa shape index (κ1) is 12.2. The third-order valence-corrected chi connectivity index (χ3v) is 2.55. The zero-order chi connectivity index (χ0) is 13.0. The predicted octanol–water partition coefficient (Wildman–Crippen LogP) is 2.93. The molecule has 1 heterocycles. The lowest BCUT2D eigenvalue weighted by atomic mass is 10.2. The zero-order valence-electron chi connectivity index (χ0n) is 10.7. The van der Waals surface area contributed by atoms with Gasteiger partial charge in [0.05, 0.1) is 18.5 Å². The minimum Gasteiger partial charge on any atom is -0.494 e. The first-order chi connectivity index (χ1) is 8.70. The van der Waals surface area contributed by atoms with Gasteiger partial charge in [0.15, 0.2) is 0 Å². The van der Waals surface area contributed by atoms with Crippen molar-refractivity contribution in [1.29, 1.82) is 0 Å². The third-order valence-electron chi connectivity index (χ3n) is 2.55. The number of aryl methyl sites for hydroxylation is 1. The highest BCUT2D eigenvalue weighted by Gasteiger charge is 2.03. The van der Waals surface area contributed by atoms with E-state index in [0.717, 1.165) is 28.5 Å². The van der Waals surface area contributed by atoms with Gasteiger partial charge in [-0.15, -0.1) is 0 Å². The van der Waals surface area contributed by atoms with E-state index in [2.05, 4.69) is 15.0 Å². The monoisotopic (exact) mass is 241 g/mol. The molecule has 4 nitrogen and oxygen atoms in total. The molecule has 0 spiro atoms. The summed E-state index contributed by atoms with van der Waals surface area (Å²) >= 11 is 0. The van der Waals surface area contributed by atoms with Crippen molar-refractivity contribution in [3.05, 3.63) is 48.0 Å². The molecule has 18 heavy (non-hydrogen) atoms. The molecular formula is C14H15N3O. The molecule has 0 radical (unpaired) electrons. The van der Waals surface area contributed by atoms with Gasteiger partial charge in [-0.2, -0.15) is 0 Å². The lowest BCUT2D eigenvalue weighted by Gasteiger charge is -2.05. The Balaban J connectivity index is 2.38. The van der Waals surface area contributed by atoms with Crippen molar-refractivity contribution in [2.75, 3.05) is 7.11 Å². The van der Waals surface area contributed by atoms with E-state index in [0.29, 0.717) is 0 Å². The molecule has 0 atom stereocenters. The van der Waals surface area contributed by atoms with E-state index in [1.54, 1.807) is 13.4 Å². The maximum Gasteiger partial charge on any atom is 0.144 e. The van der Waals surface area contributed by atoms with Crippen LogP contribution < -0.4 is 4.74 Å². The summed E-state index contributed by atoms with van der Waals surface area (Å²) in [7, 11) is 1.64. The van der Waals surface area contributed by atoms with Crippen molar-refractivity contribution in [2.45, 2.75) is 13.8 Å². The van der Waals surface area contributed by atoms with Crippen LogP contribution in [0.1, 0.15) is 18.3 Å². The lowest BCUT2D eigenvalue weighted by Crippen LogP contribution is -2.00. The number of rotatable bonds is 3. The number of nitrogens with zero attached hydrogens (tertiary/aromatic N) is 3. The van der Waals surface area contributed by atoms with E-state index < -0.39 is 0 Å². The highest BCUT2D eigenvalue weighted by atomic mass is 16.5. The van der Waals surface area contributed by atoms with Gasteiger partial charge in [0.25, 0.3) is 0 Å². The Kier molecular flexibility index (Phi) is 3.67. The first-order valence-electron chi connectivity index (χ1n) is 5.68. The van der Waals surface area contributed by atoms with E-state index in [9.17, 15) is 0 Å². The van der Waals surface area contributed by atoms with E-state index in [4.69, 9.17) is 4.74 Å². The Hall–Kier alpha value is -2.23. The molecule has 1 aromatic heterocycles. The Bertz CT molecular complexity index is 579. The van der Waals surface area contributed by atoms with Crippen molar-refractivity contribution in [2.24, 2.45) is 4.99 Å². The van der Waals surface area contributed by atoms with Gasteiger partial charge in [0.1, 0.15) is 17.8 Å². The summed E-state index contributed by atoms with van der Waals surface area (Å²) in [5, 5.41) is 0. The minimum atomic E-state index is 0.752. The van der Waals surface area contributed by atoms with Gasteiger partial charge < -0.3 is 4.74 Å². The molecule has 0 amide bonds. The summed E-state index contributed by atoms with van der Waals surface area (Å²) in [6.45, 7) is 3.86. The van der Waals surface area contributed by atoms with Gasteiger partial charge in [-0.25, -0.2) is 15.0 Å². The number of hydrogen-bond donors (Lipinski definition) is 0. The second-order valence-electron chi connectivity index (χ2n) is 3.91. The molecule has 4 heteroatoms. The van der Waals surface area contributed by atoms with E-state index in [1.165, 1.54) is 0 Å². The topological polar surface area (TPSA) is 47.4 Å². The van der Waals surface area contributed by atoms with E-state index in [-0.39, 0.29) is 0 Å². The molecule has 0 fully saturated rings. The van der Waals surface area contributed by atoms with Gasteiger partial charge in [0.2, 0.25) is 0 Å². The maximum absolute atomic E-state index is 5.27. The van der Waals surface area contributed by atoms with Crippen LogP contribution in [0.5, 0.6) is 5.75 Å². The fourth-order valence-electron chi connectivity index (χ4n) is 1.61. The highest BCUT2D eigenvalue weighted by molar-refractivity contribution is 5.98. The predicted molar refractivity (Wildman–Crippen MR) is 71.6 cm³/mol. The zero-order valence-corrected chi connectivity index (χ0v) is 10.7. The fraction of sp³-hybridized carbons (Fsp3) is 0.214. The van der Waals surface area contributed by atoms with Gasteiger partial charge in [-0.3, -0.25) is 0 Å². The number of benzene rings is 1. The van der Waals surface area contributed by atoms with Crippen LogP contribution >= 0.6 is 0 Å². The number of methoxy groups -OCH3 is 1. The smallest absolute Gasteiger partial charge is 0.144 e. The average molecular weight is 241 g/mol. The molecule has 2 rings (SSSR count). The van der Waals surface area contributed by atoms with Crippen molar-refractivity contribution in [3.63, 3.8) is 0 Å². The number of aliphatic imine (C=N–C) groups is 1. The molecule has 92 valence electrons. The molecule has 0 aliphatic heterocycles. The van der Waals surface area contributed by atoms with Crippen molar-refractivity contribution >= 4 is 11.4 Å². The van der Waals surface area contributed by atoms with Crippen LogP contribution in [0, 0.1) is 6.92 Å². The van der Waals surface area contributed by atoms with Crippen LogP contribution in [-0.4, -0.2) is 22.8 Å². The largest absolute Gasteiger partial charge is 0.494 e. The van der Waals surface area contributed by atoms with Gasteiger partial charge in [-0.1, -0.05) is 12.1 Å². The van der Waals surface area contributed by atoms with Crippen LogP contribution in [0.2, 0.25) is 0 Å². The molecule has 2 aromatic rings. The number of ether oxygens (including phenoxy) is 1. The summed E-state index contributed by atoms with van der Waals surface area (Å²) in [5.41, 5.74) is 3.39. The molecule has 0 unspecified atom stereocenters. The van der Waals surface area contributed by atoms with Gasteiger partial charge in [0, 0.05) is 5.69 Å². The average Bonchev–Trinajstić information content (AvgIpc) is 2.39. The van der Waals surface area contributed by atoms with Crippen LogP contribution in [-0.2, 0) is 0 Å². The Labute approximate surface area is 106 Å². The van der Waals surface area contributed by atoms with Crippen LogP contribution in [0.25, 0.3) is 0 Å². The summed E-state index contributed by atoms with van der Waals surface area (Å²) in [6.07, 6.45) is 1.55. The number of para-hydroxylation sites is 2. The quantitative estimate of drug-likeness (QED) is 0.776. The van der Waals surface area contributed by atoms with Crippen LogP contribution in [0.3, 0.4) is 0 Å². The molecule has 0 N–H and O–H groups in total. The standard InChI is InChI=1S/C14H15N3O/c1-10-8-13(16-9-15-10)11(2)17-12-6-4-5-7-14(12)18-3/h4-9H,1-3H3. The van der Waals surface area contributed by atoms with Crippen molar-refractivity contribution in [1.82, 2.24) is 9.97 Å². The Morgan fingerprint density at radius 3 is 2.72 bits per heavy atom.